The van der Waals surface area contributed by atoms with Crippen LogP contribution in [0, 0.1) is 0 Å². The molecule has 1 unspecified atom stereocenters. The van der Waals surface area contributed by atoms with Gasteiger partial charge in [0.05, 0.1) is 6.10 Å². The van der Waals surface area contributed by atoms with Crippen LogP contribution in [-0.2, 0) is 4.74 Å². The van der Waals surface area contributed by atoms with Gasteiger partial charge in [-0.3, -0.25) is 0 Å². The first-order chi connectivity index (χ1) is 5.04. The lowest BCUT2D eigenvalue weighted by atomic mass is 10.1. The van der Waals surface area contributed by atoms with E-state index in [1.54, 1.807) is 0 Å². The van der Waals surface area contributed by atoms with Gasteiger partial charge in [0.1, 0.15) is 18.3 Å². The maximum Gasteiger partial charge on any atom is 0.183 e. The minimum atomic E-state index is -1.43. The fourth-order valence-electron chi connectivity index (χ4n) is 1.03. The van der Waals surface area contributed by atoms with E-state index < -0.39 is 30.7 Å². The highest BCUT2D eigenvalue weighted by atomic mass is 16.7. The molecule has 0 aromatic carbocycles. The SMILES string of the molecule is C[C@@H]1OC(O)[13C@@H](O)[C@H](O)[C@@H]1O. The molecule has 0 aliphatic carbocycles. The number of aliphatic hydroxyl groups is 4. The molecule has 0 spiro atoms. The Morgan fingerprint density at radius 2 is 1.45 bits per heavy atom. The zero-order valence-electron chi connectivity index (χ0n) is 6.08. The summed E-state index contributed by atoms with van der Waals surface area (Å²) in [6, 6.07) is 0. The lowest BCUT2D eigenvalue weighted by molar-refractivity contribution is -0.277. The van der Waals surface area contributed by atoms with Crippen molar-refractivity contribution in [3.05, 3.63) is 0 Å². The third-order valence-electron chi connectivity index (χ3n) is 1.83. The van der Waals surface area contributed by atoms with E-state index >= 15 is 0 Å². The topological polar surface area (TPSA) is 90.2 Å². The van der Waals surface area contributed by atoms with Crippen molar-refractivity contribution in [2.24, 2.45) is 0 Å². The van der Waals surface area contributed by atoms with Crippen LogP contribution in [0.5, 0.6) is 0 Å². The van der Waals surface area contributed by atoms with Crippen molar-refractivity contribution in [1.82, 2.24) is 0 Å². The average Bonchev–Trinajstić information content (AvgIpc) is 1.97. The van der Waals surface area contributed by atoms with Crippen LogP contribution in [0.3, 0.4) is 0 Å². The Labute approximate surface area is 63.8 Å². The second kappa shape index (κ2) is 3.04. The summed E-state index contributed by atoms with van der Waals surface area (Å²) in [5.41, 5.74) is 0. The molecular weight excluding hydrogens is 153 g/mol. The van der Waals surface area contributed by atoms with E-state index in [0.717, 1.165) is 0 Å². The van der Waals surface area contributed by atoms with Crippen LogP contribution < -0.4 is 0 Å². The second-order valence-corrected chi connectivity index (χ2v) is 2.70. The van der Waals surface area contributed by atoms with Gasteiger partial charge in [0.2, 0.25) is 0 Å². The van der Waals surface area contributed by atoms with Crippen molar-refractivity contribution in [1.29, 1.82) is 0 Å². The highest BCUT2D eigenvalue weighted by molar-refractivity contribution is 4.86. The highest BCUT2D eigenvalue weighted by Gasteiger charge is 2.40. The molecule has 1 rings (SSSR count). The van der Waals surface area contributed by atoms with Gasteiger partial charge in [-0.15, -0.1) is 0 Å². The summed E-state index contributed by atoms with van der Waals surface area (Å²) in [5, 5.41) is 36.0. The number of rotatable bonds is 0. The molecule has 1 aliphatic heterocycles. The minimum absolute atomic E-state index is 0.664. The quantitative estimate of drug-likeness (QED) is 0.306. The van der Waals surface area contributed by atoms with Crippen LogP contribution in [0.4, 0.5) is 0 Å². The van der Waals surface area contributed by atoms with Gasteiger partial charge in [0.15, 0.2) is 6.29 Å². The summed E-state index contributed by atoms with van der Waals surface area (Å²) in [5.74, 6) is 0. The molecule has 0 amide bonds. The Morgan fingerprint density at radius 3 is 2.00 bits per heavy atom. The molecule has 11 heavy (non-hydrogen) atoms. The Bertz CT molecular complexity index is 125. The summed E-state index contributed by atoms with van der Waals surface area (Å²) in [4.78, 5) is 0. The van der Waals surface area contributed by atoms with Gasteiger partial charge >= 0.3 is 0 Å². The Morgan fingerprint density at radius 1 is 0.909 bits per heavy atom. The average molecular weight is 165 g/mol. The first kappa shape index (κ1) is 8.89. The van der Waals surface area contributed by atoms with E-state index in [9.17, 15) is 0 Å². The maximum absolute atomic E-state index is 9.09. The third-order valence-corrected chi connectivity index (χ3v) is 1.83. The van der Waals surface area contributed by atoms with E-state index in [2.05, 4.69) is 4.74 Å². The molecule has 1 heterocycles. The Balaban J connectivity index is 2.63. The lowest BCUT2D eigenvalue weighted by Gasteiger charge is -2.36. The molecule has 4 N–H and O–H groups in total. The maximum atomic E-state index is 9.09. The van der Waals surface area contributed by atoms with Gasteiger partial charge in [0, 0.05) is 0 Å². The van der Waals surface area contributed by atoms with Crippen LogP contribution in [0.2, 0.25) is 0 Å². The van der Waals surface area contributed by atoms with E-state index in [-0.39, 0.29) is 0 Å². The van der Waals surface area contributed by atoms with Gasteiger partial charge in [0.25, 0.3) is 0 Å². The predicted molar refractivity (Wildman–Crippen MR) is 34.6 cm³/mol. The zero-order chi connectivity index (χ0) is 8.59. The number of aliphatic hydroxyl groups excluding tert-OH is 4. The fraction of sp³-hybridized carbons (Fsp3) is 1.00. The van der Waals surface area contributed by atoms with Gasteiger partial charge in [-0.05, 0) is 6.92 Å². The largest absolute Gasteiger partial charge is 0.388 e. The monoisotopic (exact) mass is 165 g/mol. The smallest absolute Gasteiger partial charge is 0.183 e. The summed E-state index contributed by atoms with van der Waals surface area (Å²) in [6.45, 7) is 1.50. The van der Waals surface area contributed by atoms with Gasteiger partial charge in [-0.2, -0.15) is 0 Å². The van der Waals surface area contributed by atoms with E-state index in [1.807, 2.05) is 0 Å². The minimum Gasteiger partial charge on any atom is -0.388 e. The van der Waals surface area contributed by atoms with Gasteiger partial charge in [-0.1, -0.05) is 0 Å². The van der Waals surface area contributed by atoms with Crippen molar-refractivity contribution in [3.8, 4) is 0 Å². The van der Waals surface area contributed by atoms with Crippen molar-refractivity contribution in [2.75, 3.05) is 0 Å². The number of hydrogen-bond donors (Lipinski definition) is 4. The standard InChI is InChI=1S/C6H12O5/c1-2-3(7)4(8)5(9)6(10)11-2/h2-10H,1H3/t2-,3+,4+,5-,6?/m0/s1/i5+1. The molecule has 5 heteroatoms. The normalized spacial score (nSPS) is 52.6. The zero-order valence-corrected chi connectivity index (χ0v) is 6.08. The molecule has 66 valence electrons. The van der Waals surface area contributed by atoms with Crippen LogP contribution in [0.25, 0.3) is 0 Å². The molecule has 0 bridgehead atoms. The molecule has 1 saturated heterocycles. The second-order valence-electron chi connectivity index (χ2n) is 2.70. The highest BCUT2D eigenvalue weighted by Crippen LogP contribution is 2.18. The van der Waals surface area contributed by atoms with Crippen molar-refractivity contribution < 1.29 is 25.2 Å². The summed E-state index contributed by atoms with van der Waals surface area (Å²) < 4.78 is 4.68. The first-order valence-electron chi connectivity index (χ1n) is 3.41. The van der Waals surface area contributed by atoms with E-state index in [4.69, 9.17) is 20.4 Å². The number of ether oxygens (including phenoxy) is 1. The van der Waals surface area contributed by atoms with Crippen molar-refractivity contribution >= 4 is 0 Å². The van der Waals surface area contributed by atoms with Crippen molar-refractivity contribution in [3.63, 3.8) is 0 Å². The molecule has 1 aliphatic rings. The molecule has 0 aromatic heterocycles. The molecule has 5 atom stereocenters. The Hall–Kier alpha value is -0.200. The van der Waals surface area contributed by atoms with Crippen LogP contribution in [-0.4, -0.2) is 51.1 Å². The van der Waals surface area contributed by atoms with Crippen molar-refractivity contribution in [2.45, 2.75) is 37.6 Å². The lowest BCUT2D eigenvalue weighted by Crippen LogP contribution is -2.56. The van der Waals surface area contributed by atoms with Crippen LogP contribution in [0.15, 0.2) is 0 Å². The van der Waals surface area contributed by atoms with Crippen LogP contribution >= 0.6 is 0 Å². The van der Waals surface area contributed by atoms with Crippen LogP contribution in [0.1, 0.15) is 6.92 Å². The molecular formula is C6H12O5. The predicted octanol–water partition coefficient (Wildman–Crippen LogP) is -2.19. The molecule has 0 saturated carbocycles. The number of hydrogen-bond acceptors (Lipinski definition) is 5. The Kier molecular flexibility index (Phi) is 2.46. The summed E-state index contributed by atoms with van der Waals surface area (Å²) in [6.07, 6.45) is -5.99. The van der Waals surface area contributed by atoms with Gasteiger partial charge < -0.3 is 25.2 Å². The van der Waals surface area contributed by atoms with E-state index in [0.29, 0.717) is 0 Å². The van der Waals surface area contributed by atoms with Gasteiger partial charge in [-0.25, -0.2) is 0 Å². The molecule has 1 fully saturated rings. The molecule has 0 aromatic rings. The summed E-state index contributed by atoms with van der Waals surface area (Å²) >= 11 is 0. The molecule has 5 nitrogen and oxygen atoms in total. The molecule has 0 radical (unpaired) electrons. The first-order valence-corrected chi connectivity index (χ1v) is 3.41. The fourth-order valence-corrected chi connectivity index (χ4v) is 1.03. The summed E-state index contributed by atoms with van der Waals surface area (Å²) in [7, 11) is 0. The third kappa shape index (κ3) is 1.52. The van der Waals surface area contributed by atoms with E-state index in [1.165, 1.54) is 6.92 Å².